The van der Waals surface area contributed by atoms with E-state index in [-0.39, 0.29) is 17.7 Å². The van der Waals surface area contributed by atoms with E-state index in [2.05, 4.69) is 0 Å². The first-order valence-electron chi connectivity index (χ1n) is 9.22. The van der Waals surface area contributed by atoms with E-state index in [1.165, 1.54) is 0 Å². The largest absolute Gasteiger partial charge is 0.496 e. The molecule has 156 valence electrons. The normalized spacial score (nSPS) is 13.4. The van der Waals surface area contributed by atoms with Crippen LogP contribution in [0.1, 0.15) is 57.0 Å². The molecular weight excluding hydrogens is 396 g/mol. The van der Waals surface area contributed by atoms with Crippen molar-refractivity contribution in [1.82, 2.24) is 0 Å². The number of rotatable bonds is 8. The fourth-order valence-corrected chi connectivity index (χ4v) is 3.75. The Morgan fingerprint density at radius 1 is 1.25 bits per heavy atom. The van der Waals surface area contributed by atoms with Gasteiger partial charge in [0.05, 0.1) is 19.1 Å². The Kier molecular flexibility index (Phi) is 9.44. The van der Waals surface area contributed by atoms with Gasteiger partial charge >= 0.3 is 5.97 Å². The molecule has 0 N–H and O–H groups in total. The third kappa shape index (κ3) is 7.43. The van der Waals surface area contributed by atoms with Crippen molar-refractivity contribution < 1.29 is 23.8 Å². The summed E-state index contributed by atoms with van der Waals surface area (Å²) in [6.07, 6.45) is 0.337. The number of carbonyl (C=O) groups excluding carboxylic acids is 2. The maximum absolute atomic E-state index is 12.9. The van der Waals surface area contributed by atoms with Crippen molar-refractivity contribution in [3.8, 4) is 5.75 Å². The average molecular weight is 427 g/mol. The monoisotopic (exact) mass is 426 g/mol. The molecule has 0 heterocycles. The van der Waals surface area contributed by atoms with Crippen molar-refractivity contribution in [3.05, 3.63) is 29.3 Å². The molecule has 1 rings (SSSR count). The molecule has 0 radical (unpaired) electrons. The maximum atomic E-state index is 12.9. The molecule has 0 aliphatic heterocycles. The van der Waals surface area contributed by atoms with Crippen LogP contribution in [0.4, 0.5) is 0 Å². The first kappa shape index (κ1) is 24.4. The summed E-state index contributed by atoms with van der Waals surface area (Å²) in [5.74, 6) is 0.0102. The summed E-state index contributed by atoms with van der Waals surface area (Å²) >= 11 is 6.34. The lowest BCUT2D eigenvalue weighted by Gasteiger charge is -2.24. The Morgan fingerprint density at radius 2 is 1.89 bits per heavy atom. The number of Topliss-reactive ketones (excluding diaryl/α,β-unsaturated/α-hetero) is 1. The Bertz CT molecular complexity index is 709. The number of benzene rings is 1. The fraction of sp³-hybridized carbons (Fsp3) is 0.571. The predicted molar refractivity (Wildman–Crippen MR) is 117 cm³/mol. The van der Waals surface area contributed by atoms with Gasteiger partial charge in [-0.2, -0.15) is 0 Å². The van der Waals surface area contributed by atoms with Crippen LogP contribution >= 0.6 is 24.0 Å². The zero-order valence-electron chi connectivity index (χ0n) is 17.7. The minimum atomic E-state index is -0.646. The molecule has 28 heavy (non-hydrogen) atoms. The van der Waals surface area contributed by atoms with E-state index in [4.69, 9.17) is 26.4 Å². The van der Waals surface area contributed by atoms with Gasteiger partial charge in [0.15, 0.2) is 11.2 Å². The van der Waals surface area contributed by atoms with Gasteiger partial charge in [-0.25, -0.2) is 0 Å². The molecule has 0 fully saturated rings. The Morgan fingerprint density at radius 3 is 2.39 bits per heavy atom. The van der Waals surface area contributed by atoms with Crippen molar-refractivity contribution in [2.45, 2.75) is 53.4 Å². The molecule has 0 saturated carbocycles. The summed E-state index contributed by atoms with van der Waals surface area (Å²) in [6.45, 7) is 11.3. The van der Waals surface area contributed by atoms with Crippen LogP contribution in [0.5, 0.6) is 5.75 Å². The average Bonchev–Trinajstić information content (AvgIpc) is 2.60. The van der Waals surface area contributed by atoms with E-state index in [9.17, 15) is 9.59 Å². The van der Waals surface area contributed by atoms with Gasteiger partial charge in [0.2, 0.25) is 4.38 Å². The second-order valence-electron chi connectivity index (χ2n) is 7.57. The van der Waals surface area contributed by atoms with E-state index in [1.54, 1.807) is 40.0 Å². The quantitative estimate of drug-likeness (QED) is 0.245. The van der Waals surface area contributed by atoms with E-state index in [1.807, 2.05) is 26.8 Å². The van der Waals surface area contributed by atoms with Crippen LogP contribution in [0.2, 0.25) is 0 Å². The zero-order chi connectivity index (χ0) is 21.5. The number of hydrogen-bond acceptors (Lipinski definition) is 7. The summed E-state index contributed by atoms with van der Waals surface area (Å²) in [6, 6.07) is 5.34. The highest BCUT2D eigenvalue weighted by atomic mass is 32.2. The van der Waals surface area contributed by atoms with Crippen molar-refractivity contribution in [3.63, 3.8) is 0 Å². The van der Waals surface area contributed by atoms with E-state index >= 15 is 0 Å². The van der Waals surface area contributed by atoms with Gasteiger partial charge in [-0.1, -0.05) is 6.92 Å². The third-order valence-electron chi connectivity index (χ3n) is 4.01. The second-order valence-corrected chi connectivity index (χ2v) is 9.33. The van der Waals surface area contributed by atoms with Gasteiger partial charge in [-0.15, -0.1) is 0 Å². The fourth-order valence-electron chi connectivity index (χ4n) is 2.39. The molecule has 0 saturated heterocycles. The molecule has 2 unspecified atom stereocenters. The van der Waals surface area contributed by atoms with Crippen LogP contribution in [0.3, 0.4) is 0 Å². The van der Waals surface area contributed by atoms with Gasteiger partial charge in [0.25, 0.3) is 0 Å². The number of ketones is 1. The second kappa shape index (κ2) is 10.8. The van der Waals surface area contributed by atoms with Crippen molar-refractivity contribution in [2.75, 3.05) is 13.7 Å². The van der Waals surface area contributed by atoms with Gasteiger partial charge in [0.1, 0.15) is 5.75 Å². The molecule has 0 aliphatic carbocycles. The smallest absolute Gasteiger partial charge is 0.312 e. The minimum absolute atomic E-state index is 0.0227. The number of methoxy groups -OCH3 is 1. The van der Waals surface area contributed by atoms with Crippen molar-refractivity contribution >= 4 is 40.1 Å². The number of carbonyl (C=O) groups is 2. The molecule has 7 heteroatoms. The first-order valence-corrected chi connectivity index (χ1v) is 10.5. The predicted octanol–water partition coefficient (Wildman–Crippen LogP) is 5.18. The van der Waals surface area contributed by atoms with E-state index < -0.39 is 10.9 Å². The minimum Gasteiger partial charge on any atom is -0.496 e. The molecule has 2 atom stereocenters. The molecule has 0 amide bonds. The highest BCUT2D eigenvalue weighted by Crippen LogP contribution is 2.29. The van der Waals surface area contributed by atoms with Crippen LogP contribution in [-0.2, 0) is 14.3 Å². The van der Waals surface area contributed by atoms with Crippen LogP contribution in [0.25, 0.3) is 0 Å². The van der Waals surface area contributed by atoms with Crippen LogP contribution < -0.4 is 4.74 Å². The number of ether oxygens (including phenoxy) is 3. The van der Waals surface area contributed by atoms with Gasteiger partial charge in [0, 0.05) is 17.9 Å². The standard InChI is InChI=1S/C21H30O5S2/c1-8-25-20(27)28-17(26-19(23)21(4,5)6)12-14(3)18(22)15-9-10-16(24-7)13(2)11-15/h9-11,14,17H,8,12H2,1-7H3. The van der Waals surface area contributed by atoms with Crippen molar-refractivity contribution in [1.29, 1.82) is 0 Å². The van der Waals surface area contributed by atoms with Crippen LogP contribution in [-0.4, -0.2) is 35.3 Å². The van der Waals surface area contributed by atoms with Crippen molar-refractivity contribution in [2.24, 2.45) is 11.3 Å². The van der Waals surface area contributed by atoms with Crippen LogP contribution in [0.15, 0.2) is 18.2 Å². The summed E-state index contributed by atoms with van der Waals surface area (Å²) in [5, 5.41) is 0. The third-order valence-corrected chi connectivity index (χ3v) is 5.28. The van der Waals surface area contributed by atoms with Gasteiger partial charge in [-0.05, 0) is 82.4 Å². The lowest BCUT2D eigenvalue weighted by Crippen LogP contribution is -2.29. The number of thioether (sulfide) groups is 1. The molecule has 0 bridgehead atoms. The molecule has 1 aromatic carbocycles. The Balaban J connectivity index is 2.92. The number of aryl methyl sites for hydroxylation is 1. The SMILES string of the molecule is CCOC(=S)SC(CC(C)C(=O)c1ccc(OC)c(C)c1)OC(=O)C(C)(C)C. The first-order chi connectivity index (χ1) is 13.0. The van der Waals surface area contributed by atoms with E-state index in [0.29, 0.717) is 23.0 Å². The molecule has 0 aliphatic rings. The topological polar surface area (TPSA) is 61.8 Å². The number of thiocarbonyl (C=S) groups is 1. The summed E-state index contributed by atoms with van der Waals surface area (Å²) in [5.41, 5.74) is 0.253. The molecule has 1 aromatic rings. The highest BCUT2D eigenvalue weighted by molar-refractivity contribution is 8.22. The zero-order valence-corrected chi connectivity index (χ0v) is 19.3. The number of hydrogen-bond donors (Lipinski definition) is 0. The van der Waals surface area contributed by atoms with Crippen LogP contribution in [0, 0.1) is 18.3 Å². The Labute approximate surface area is 177 Å². The lowest BCUT2D eigenvalue weighted by atomic mass is 9.95. The highest BCUT2D eigenvalue weighted by Gasteiger charge is 2.30. The lowest BCUT2D eigenvalue weighted by molar-refractivity contribution is -0.154. The van der Waals surface area contributed by atoms with Gasteiger partial charge < -0.3 is 14.2 Å². The summed E-state index contributed by atoms with van der Waals surface area (Å²) in [7, 11) is 1.60. The molecule has 0 aromatic heterocycles. The van der Waals surface area contributed by atoms with E-state index in [0.717, 1.165) is 23.1 Å². The maximum Gasteiger partial charge on any atom is 0.312 e. The summed E-state index contributed by atoms with van der Waals surface area (Å²) in [4.78, 5) is 25.2. The Hall–Kier alpha value is -1.60. The molecule has 0 spiro atoms. The number of esters is 1. The summed E-state index contributed by atoms with van der Waals surface area (Å²) < 4.78 is 16.5. The van der Waals surface area contributed by atoms with Gasteiger partial charge in [-0.3, -0.25) is 9.59 Å². The molecule has 5 nitrogen and oxygen atoms in total. The molecular formula is C21H30O5S2.